The molecule has 0 radical (unpaired) electrons. The van der Waals surface area contributed by atoms with Crippen molar-refractivity contribution in [1.82, 2.24) is 10.1 Å². The van der Waals surface area contributed by atoms with Crippen molar-refractivity contribution in [1.29, 1.82) is 0 Å². The maximum Gasteiger partial charge on any atom is 0.229 e. The Morgan fingerprint density at radius 2 is 2.06 bits per heavy atom. The summed E-state index contributed by atoms with van der Waals surface area (Å²) in [5.74, 6) is 1.17. The highest BCUT2D eigenvalue weighted by Crippen LogP contribution is 2.08. The molecule has 1 unspecified atom stereocenters. The molecule has 2 aromatic rings. The molecule has 1 aromatic carbocycles. The highest BCUT2D eigenvalue weighted by molar-refractivity contribution is 5.18. The maximum absolute atomic E-state index is 9.48. The van der Waals surface area contributed by atoms with Gasteiger partial charge in [0.25, 0.3) is 0 Å². The van der Waals surface area contributed by atoms with E-state index < -0.39 is 6.10 Å². The van der Waals surface area contributed by atoms with E-state index in [-0.39, 0.29) is 0 Å². The van der Waals surface area contributed by atoms with E-state index in [1.807, 2.05) is 37.3 Å². The lowest BCUT2D eigenvalue weighted by atomic mass is 10.1. The highest BCUT2D eigenvalue weighted by atomic mass is 16.5. The van der Waals surface area contributed by atoms with Gasteiger partial charge in [0, 0.05) is 6.42 Å². The smallest absolute Gasteiger partial charge is 0.229 e. The fourth-order valence-electron chi connectivity index (χ4n) is 1.57. The number of hydrogen-bond donors (Lipinski definition) is 1. The van der Waals surface area contributed by atoms with E-state index in [1.165, 1.54) is 0 Å². The van der Waals surface area contributed by atoms with E-state index in [0.717, 1.165) is 5.56 Å². The summed E-state index contributed by atoms with van der Waals surface area (Å²) in [6.07, 6.45) is 1.38. The van der Waals surface area contributed by atoms with Gasteiger partial charge in [-0.3, -0.25) is 0 Å². The molecule has 4 nitrogen and oxygen atoms in total. The van der Waals surface area contributed by atoms with Crippen LogP contribution in [0.25, 0.3) is 0 Å². The van der Waals surface area contributed by atoms with Gasteiger partial charge in [0.05, 0.1) is 12.5 Å². The van der Waals surface area contributed by atoms with E-state index in [4.69, 9.17) is 4.52 Å². The molecule has 0 bridgehead atoms. The molecule has 0 saturated carbocycles. The third kappa shape index (κ3) is 3.39. The summed E-state index contributed by atoms with van der Waals surface area (Å²) >= 11 is 0. The molecule has 0 fully saturated rings. The topological polar surface area (TPSA) is 59.2 Å². The zero-order valence-corrected chi connectivity index (χ0v) is 9.84. The molecule has 0 amide bonds. The Bertz CT molecular complexity index is 453. The summed E-state index contributed by atoms with van der Waals surface area (Å²) in [5.41, 5.74) is 1.15. The quantitative estimate of drug-likeness (QED) is 0.856. The molecular weight excluding hydrogens is 216 g/mol. The molecule has 1 atom stereocenters. The van der Waals surface area contributed by atoms with Crippen LogP contribution in [0.4, 0.5) is 0 Å². The molecule has 1 N–H and O–H groups in total. The first-order valence-electron chi connectivity index (χ1n) is 5.81. The lowest BCUT2D eigenvalue weighted by Gasteiger charge is -2.01. The van der Waals surface area contributed by atoms with Crippen molar-refractivity contribution in [2.24, 2.45) is 0 Å². The number of nitrogens with zero attached hydrogens (tertiary/aromatic N) is 2. The fourth-order valence-corrected chi connectivity index (χ4v) is 1.57. The Kier molecular flexibility index (Phi) is 3.88. The summed E-state index contributed by atoms with van der Waals surface area (Å²) in [5, 5.41) is 13.4. The van der Waals surface area contributed by atoms with Crippen LogP contribution in [0.2, 0.25) is 0 Å². The second kappa shape index (κ2) is 5.59. The average Bonchev–Trinajstić information content (AvgIpc) is 2.77. The van der Waals surface area contributed by atoms with Crippen molar-refractivity contribution in [3.05, 3.63) is 47.6 Å². The zero-order chi connectivity index (χ0) is 12.1. The van der Waals surface area contributed by atoms with E-state index in [1.54, 1.807) is 0 Å². The third-order valence-corrected chi connectivity index (χ3v) is 2.60. The van der Waals surface area contributed by atoms with Crippen molar-refractivity contribution in [2.75, 3.05) is 0 Å². The van der Waals surface area contributed by atoms with Crippen molar-refractivity contribution >= 4 is 0 Å². The molecule has 1 aromatic heterocycles. The molecule has 2 rings (SSSR count). The van der Waals surface area contributed by atoms with Gasteiger partial charge in [0.2, 0.25) is 5.89 Å². The van der Waals surface area contributed by atoms with Crippen molar-refractivity contribution in [3.63, 3.8) is 0 Å². The van der Waals surface area contributed by atoms with Gasteiger partial charge in [-0.2, -0.15) is 4.98 Å². The third-order valence-electron chi connectivity index (χ3n) is 2.60. The normalized spacial score (nSPS) is 12.6. The minimum Gasteiger partial charge on any atom is -0.393 e. The summed E-state index contributed by atoms with van der Waals surface area (Å²) in [6.45, 7) is 1.92. The fraction of sp³-hybridized carbons (Fsp3) is 0.385. The number of benzene rings is 1. The van der Waals surface area contributed by atoms with Crippen LogP contribution in [0.5, 0.6) is 0 Å². The summed E-state index contributed by atoms with van der Waals surface area (Å²) in [7, 11) is 0. The molecule has 17 heavy (non-hydrogen) atoms. The van der Waals surface area contributed by atoms with Crippen LogP contribution in [-0.2, 0) is 12.8 Å². The van der Waals surface area contributed by atoms with Gasteiger partial charge in [-0.05, 0) is 12.0 Å². The van der Waals surface area contributed by atoms with Crippen LogP contribution in [0.15, 0.2) is 34.9 Å². The van der Waals surface area contributed by atoms with E-state index >= 15 is 0 Å². The SMILES string of the molecule is CCC(O)Cc1nc(Cc2ccccc2)no1. The Balaban J connectivity index is 1.99. The monoisotopic (exact) mass is 232 g/mol. The Morgan fingerprint density at radius 1 is 1.29 bits per heavy atom. The minimum atomic E-state index is -0.403. The predicted molar refractivity (Wildman–Crippen MR) is 63.5 cm³/mol. The number of aliphatic hydroxyl groups is 1. The molecule has 90 valence electrons. The zero-order valence-electron chi connectivity index (χ0n) is 9.84. The standard InChI is InChI=1S/C13H16N2O2/c1-2-11(16)9-13-14-12(15-17-13)8-10-6-4-3-5-7-10/h3-7,11,16H,2,8-9H2,1H3. The molecule has 0 aliphatic rings. The number of hydrogen-bond acceptors (Lipinski definition) is 4. The van der Waals surface area contributed by atoms with Gasteiger partial charge < -0.3 is 9.63 Å². The lowest BCUT2D eigenvalue weighted by Crippen LogP contribution is -2.08. The molecule has 0 spiro atoms. The van der Waals surface area contributed by atoms with Crippen LogP contribution >= 0.6 is 0 Å². The Hall–Kier alpha value is -1.68. The van der Waals surface area contributed by atoms with Crippen LogP contribution in [0, 0.1) is 0 Å². The minimum absolute atomic E-state index is 0.403. The second-order valence-corrected chi connectivity index (χ2v) is 4.03. The summed E-state index contributed by atoms with van der Waals surface area (Å²) < 4.78 is 5.09. The number of aliphatic hydroxyl groups excluding tert-OH is 1. The molecule has 4 heteroatoms. The number of rotatable bonds is 5. The van der Waals surface area contributed by atoms with Gasteiger partial charge in [-0.15, -0.1) is 0 Å². The van der Waals surface area contributed by atoms with Crippen LogP contribution in [0.1, 0.15) is 30.6 Å². The first kappa shape index (κ1) is 11.8. The van der Waals surface area contributed by atoms with Gasteiger partial charge in [-0.25, -0.2) is 0 Å². The van der Waals surface area contributed by atoms with Crippen LogP contribution in [-0.4, -0.2) is 21.4 Å². The van der Waals surface area contributed by atoms with Gasteiger partial charge >= 0.3 is 0 Å². The first-order chi connectivity index (χ1) is 8.28. The Morgan fingerprint density at radius 3 is 2.76 bits per heavy atom. The van der Waals surface area contributed by atoms with Crippen LogP contribution < -0.4 is 0 Å². The lowest BCUT2D eigenvalue weighted by molar-refractivity contribution is 0.158. The van der Waals surface area contributed by atoms with E-state index in [9.17, 15) is 5.11 Å². The van der Waals surface area contributed by atoms with Crippen molar-refractivity contribution in [2.45, 2.75) is 32.3 Å². The van der Waals surface area contributed by atoms with Gasteiger partial charge in [0.1, 0.15) is 0 Å². The summed E-state index contributed by atoms with van der Waals surface area (Å²) in [6, 6.07) is 9.99. The predicted octanol–water partition coefficient (Wildman–Crippen LogP) is 1.97. The molecule has 0 aliphatic heterocycles. The van der Waals surface area contributed by atoms with Gasteiger partial charge in [0.15, 0.2) is 5.82 Å². The molecular formula is C13H16N2O2. The number of aromatic nitrogens is 2. The first-order valence-corrected chi connectivity index (χ1v) is 5.81. The highest BCUT2D eigenvalue weighted by Gasteiger charge is 2.10. The molecule has 1 heterocycles. The largest absolute Gasteiger partial charge is 0.393 e. The second-order valence-electron chi connectivity index (χ2n) is 4.03. The summed E-state index contributed by atoms with van der Waals surface area (Å²) in [4.78, 5) is 4.26. The van der Waals surface area contributed by atoms with Crippen molar-refractivity contribution < 1.29 is 9.63 Å². The maximum atomic E-state index is 9.48. The van der Waals surface area contributed by atoms with E-state index in [0.29, 0.717) is 31.0 Å². The van der Waals surface area contributed by atoms with Gasteiger partial charge in [-0.1, -0.05) is 42.4 Å². The Labute approximate surface area is 100 Å². The van der Waals surface area contributed by atoms with E-state index in [2.05, 4.69) is 10.1 Å². The molecule has 0 saturated heterocycles. The average molecular weight is 232 g/mol. The van der Waals surface area contributed by atoms with Crippen molar-refractivity contribution in [3.8, 4) is 0 Å². The molecule has 0 aliphatic carbocycles. The van der Waals surface area contributed by atoms with Crippen LogP contribution in [0.3, 0.4) is 0 Å².